The summed E-state index contributed by atoms with van der Waals surface area (Å²) in [7, 11) is -3.71. The second-order valence-corrected chi connectivity index (χ2v) is 28.0. The number of halogens is 3. The molecule has 3 heterocycles. The molecular formula is C37H48F3N3O6SSn. The van der Waals surface area contributed by atoms with Crippen LogP contribution in [0.5, 0.6) is 5.75 Å². The first kappa shape index (κ1) is 40.4. The van der Waals surface area contributed by atoms with Gasteiger partial charge in [0.2, 0.25) is 5.89 Å². The fourth-order valence-electron chi connectivity index (χ4n) is 6.20. The van der Waals surface area contributed by atoms with Gasteiger partial charge in [0, 0.05) is 24.9 Å². The van der Waals surface area contributed by atoms with E-state index in [2.05, 4.69) is 30.7 Å². The molecule has 0 saturated carbocycles. The van der Waals surface area contributed by atoms with Gasteiger partial charge in [-0.15, -0.1) is 0 Å². The zero-order valence-electron chi connectivity index (χ0n) is 30.0. The number of aromatic nitrogens is 2. The van der Waals surface area contributed by atoms with Crippen molar-refractivity contribution in [2.24, 2.45) is 0 Å². The Morgan fingerprint density at radius 3 is 2.04 bits per heavy atom. The van der Waals surface area contributed by atoms with Gasteiger partial charge in [0.15, 0.2) is 15.9 Å². The number of rotatable bonds is 15. The number of benzene rings is 2. The number of hydrogen-bond donors (Lipinski definition) is 0. The van der Waals surface area contributed by atoms with E-state index in [1.807, 2.05) is 18.3 Å². The summed E-state index contributed by atoms with van der Waals surface area (Å²) in [6, 6.07) is 8.68. The zero-order chi connectivity index (χ0) is 37.2. The Kier molecular flexibility index (Phi) is 14.2. The van der Waals surface area contributed by atoms with Crippen molar-refractivity contribution in [3.63, 3.8) is 0 Å². The normalized spacial score (nSPS) is 13.8. The largest absolute Gasteiger partial charge is 0.480 e. The third-order valence-electron chi connectivity index (χ3n) is 9.18. The Balaban J connectivity index is 0.000000275. The summed E-state index contributed by atoms with van der Waals surface area (Å²) in [6.07, 6.45) is 8.70. The number of fused-ring (bicyclic) bond motifs is 1. The quantitative estimate of drug-likeness (QED) is 0.109. The minimum Gasteiger partial charge on any atom is -0.480 e. The first-order chi connectivity index (χ1) is 24.2. The van der Waals surface area contributed by atoms with Crippen molar-refractivity contribution < 1.29 is 40.0 Å². The van der Waals surface area contributed by atoms with Crippen LogP contribution in [0.3, 0.4) is 0 Å². The SMILES string of the molecule is CCC[CH2][Sn]([CH2]CCC)([CH2]CCC)[c]1ncco1.C[C@H](Oc1ccc(S(C)(=O)=O)cc1C(=O)N1Cc2ccc(-c3ncco3)cc2C1)C(F)(F)F. The zero-order valence-corrected chi connectivity index (χ0v) is 33.6. The van der Waals surface area contributed by atoms with Crippen molar-refractivity contribution in [2.75, 3.05) is 6.26 Å². The Morgan fingerprint density at radius 2 is 1.51 bits per heavy atom. The molecule has 4 aromatic rings. The minimum atomic E-state index is -4.66. The van der Waals surface area contributed by atoms with E-state index in [0.29, 0.717) is 5.89 Å². The number of hydrogen-bond acceptors (Lipinski definition) is 8. The summed E-state index contributed by atoms with van der Waals surface area (Å²) in [5, 5.41) is 0. The molecule has 1 aliphatic heterocycles. The summed E-state index contributed by atoms with van der Waals surface area (Å²) >= 11 is -2.31. The molecule has 5 rings (SSSR count). The van der Waals surface area contributed by atoms with Crippen LogP contribution < -0.4 is 8.64 Å². The Labute approximate surface area is 302 Å². The summed E-state index contributed by atoms with van der Waals surface area (Å²) in [4.78, 5) is 23.2. The van der Waals surface area contributed by atoms with Crippen molar-refractivity contribution in [3.8, 4) is 17.2 Å². The van der Waals surface area contributed by atoms with Crippen molar-refractivity contribution in [3.05, 3.63) is 78.0 Å². The molecule has 0 fully saturated rings. The summed E-state index contributed by atoms with van der Waals surface area (Å²) in [5.41, 5.74) is 2.14. The number of oxazole rings is 2. The number of alkyl halides is 3. The molecule has 9 nitrogen and oxygen atoms in total. The molecule has 1 atom stereocenters. The molecule has 14 heteroatoms. The van der Waals surface area contributed by atoms with Gasteiger partial charge in [-0.2, -0.15) is 13.2 Å². The molecular weight excluding hydrogens is 790 g/mol. The Hall–Kier alpha value is -3.33. The van der Waals surface area contributed by atoms with Crippen LogP contribution in [0.2, 0.25) is 13.3 Å². The van der Waals surface area contributed by atoms with E-state index in [4.69, 9.17) is 13.6 Å². The van der Waals surface area contributed by atoms with E-state index in [0.717, 1.165) is 48.1 Å². The number of carbonyl (C=O) groups is 1. The molecule has 1 aliphatic rings. The van der Waals surface area contributed by atoms with Crippen LogP contribution in [0.25, 0.3) is 11.5 Å². The number of ether oxygens (including phenoxy) is 1. The molecule has 1 amide bonds. The van der Waals surface area contributed by atoms with Crippen LogP contribution in [-0.4, -0.2) is 66.1 Å². The van der Waals surface area contributed by atoms with Gasteiger partial charge in [-0.1, -0.05) is 6.07 Å². The molecule has 2 aromatic heterocycles. The van der Waals surface area contributed by atoms with Crippen molar-refractivity contribution in [1.82, 2.24) is 14.9 Å². The van der Waals surface area contributed by atoms with Crippen LogP contribution in [0, 0.1) is 0 Å². The van der Waals surface area contributed by atoms with Gasteiger partial charge in [-0.3, -0.25) is 4.79 Å². The third-order valence-corrected chi connectivity index (χ3v) is 24.8. The second-order valence-electron chi connectivity index (χ2n) is 13.1. The second kappa shape index (κ2) is 17.9. The maximum Gasteiger partial charge on any atom is 0.425 e. The van der Waals surface area contributed by atoms with Gasteiger partial charge >= 0.3 is 123 Å². The average molecular weight is 839 g/mol. The molecule has 0 aliphatic carbocycles. The average Bonchev–Trinajstić information content (AvgIpc) is 3.90. The summed E-state index contributed by atoms with van der Waals surface area (Å²) in [6.45, 7) is 8.09. The van der Waals surface area contributed by atoms with Crippen LogP contribution in [-0.2, 0) is 22.9 Å². The maximum absolute atomic E-state index is 13.3. The number of unbranched alkanes of at least 4 members (excludes halogenated alkanes) is 3. The Morgan fingerprint density at radius 1 is 0.902 bits per heavy atom. The molecule has 0 radical (unpaired) electrons. The predicted molar refractivity (Wildman–Crippen MR) is 192 cm³/mol. The molecule has 0 spiro atoms. The first-order valence-corrected chi connectivity index (χ1v) is 26.9. The Bertz CT molecular complexity index is 1790. The fourth-order valence-corrected chi connectivity index (χ4v) is 21.5. The van der Waals surface area contributed by atoms with Crippen molar-refractivity contribution in [1.29, 1.82) is 0 Å². The van der Waals surface area contributed by atoms with E-state index in [1.165, 1.54) is 73.1 Å². The molecule has 2 aromatic carbocycles. The maximum atomic E-state index is 13.3. The van der Waals surface area contributed by atoms with E-state index >= 15 is 0 Å². The van der Waals surface area contributed by atoms with Crippen molar-refractivity contribution in [2.45, 2.75) is 110 Å². The van der Waals surface area contributed by atoms with Gasteiger partial charge < -0.3 is 14.1 Å². The van der Waals surface area contributed by atoms with E-state index in [-0.39, 0.29) is 29.3 Å². The first-order valence-electron chi connectivity index (χ1n) is 17.5. The van der Waals surface area contributed by atoms with Gasteiger partial charge in [0.05, 0.1) is 16.7 Å². The molecule has 278 valence electrons. The number of sulfone groups is 1. The summed E-state index contributed by atoms with van der Waals surface area (Å²) in [5.74, 6) is -0.562. The molecule has 0 unspecified atom stereocenters. The number of amides is 1. The standard InChI is InChI=1S/C22H19F3N2O5S.3C4H9.C3H2NO.Sn/c1-13(22(23,24)25)32-19-6-5-17(33(2,29)30)10-18(19)21(28)27-11-15-4-3-14(9-16(15)12-27)20-26-7-8-31-20;3*1-3-4-2;1-2-5-3-4-1;/h3-10,13H,11-12H2,1-2H3;3*1,3-4H2,2H3;1-2H;/t13-;;;;;/m0...../s1. The molecule has 0 bridgehead atoms. The topological polar surface area (TPSA) is 116 Å². The van der Waals surface area contributed by atoms with Crippen LogP contribution >= 0.6 is 0 Å². The van der Waals surface area contributed by atoms with Gasteiger partial charge in [0.1, 0.15) is 12.0 Å². The molecule has 0 saturated heterocycles. The molecule has 0 N–H and O–H groups in total. The van der Waals surface area contributed by atoms with Crippen LogP contribution in [0.15, 0.2) is 75.0 Å². The minimum absolute atomic E-state index is 0.181. The van der Waals surface area contributed by atoms with E-state index in [1.54, 1.807) is 12.3 Å². The van der Waals surface area contributed by atoms with Crippen LogP contribution in [0.1, 0.15) is 87.7 Å². The smallest absolute Gasteiger partial charge is 0.425 e. The fraction of sp³-hybridized carbons (Fsp3) is 0.486. The third kappa shape index (κ3) is 10.6. The number of carbonyl (C=O) groups excluding carboxylic acids is 1. The van der Waals surface area contributed by atoms with Gasteiger partial charge in [-0.05, 0) is 48.4 Å². The summed E-state index contributed by atoms with van der Waals surface area (Å²) < 4.78 is 84.7. The van der Waals surface area contributed by atoms with E-state index < -0.39 is 46.4 Å². The van der Waals surface area contributed by atoms with Gasteiger partial charge in [0.25, 0.3) is 5.91 Å². The van der Waals surface area contributed by atoms with E-state index in [9.17, 15) is 26.4 Å². The number of nitrogens with zero attached hydrogens (tertiary/aromatic N) is 3. The van der Waals surface area contributed by atoms with Gasteiger partial charge in [-0.25, -0.2) is 13.4 Å². The van der Waals surface area contributed by atoms with Crippen LogP contribution in [0.4, 0.5) is 13.2 Å². The molecule has 51 heavy (non-hydrogen) atoms. The monoisotopic (exact) mass is 839 g/mol. The van der Waals surface area contributed by atoms with Crippen molar-refractivity contribution >= 4 is 38.0 Å². The predicted octanol–water partition coefficient (Wildman–Crippen LogP) is 8.96.